The van der Waals surface area contributed by atoms with E-state index in [2.05, 4.69) is 62.4 Å². The minimum atomic E-state index is 0.558. The molecule has 0 amide bonds. The molecule has 0 heterocycles. The molecule has 0 aromatic heterocycles. The molecular weight excluding hydrogens is 228 g/mol. The third-order valence-electron chi connectivity index (χ3n) is 4.54. The molecule has 94 valence electrons. The van der Waals surface area contributed by atoms with Crippen molar-refractivity contribution in [3.63, 3.8) is 0 Å². The van der Waals surface area contributed by atoms with Crippen LogP contribution in [0.15, 0.2) is 36.4 Å². The summed E-state index contributed by atoms with van der Waals surface area (Å²) in [5, 5.41) is 2.99. The van der Waals surface area contributed by atoms with E-state index >= 15 is 0 Å². The highest BCUT2D eigenvalue weighted by Crippen LogP contribution is 2.42. The van der Waals surface area contributed by atoms with E-state index in [1.54, 1.807) is 0 Å². The van der Waals surface area contributed by atoms with Crippen molar-refractivity contribution in [3.05, 3.63) is 58.7 Å². The van der Waals surface area contributed by atoms with E-state index in [-0.39, 0.29) is 0 Å². The topological polar surface area (TPSA) is 0 Å². The predicted molar refractivity (Wildman–Crippen MR) is 83.3 cm³/mol. The van der Waals surface area contributed by atoms with E-state index in [0.29, 0.717) is 11.8 Å². The normalized spacial score (nSPS) is 19.4. The van der Waals surface area contributed by atoms with Crippen molar-refractivity contribution < 1.29 is 0 Å². The second kappa shape index (κ2) is 3.84. The Kier molecular flexibility index (Phi) is 2.23. The van der Waals surface area contributed by atoms with Gasteiger partial charge in [-0.1, -0.05) is 62.4 Å². The summed E-state index contributed by atoms with van der Waals surface area (Å²) in [6.07, 6.45) is 10.3. The van der Waals surface area contributed by atoms with Crippen molar-refractivity contribution in [3.8, 4) is 0 Å². The molecule has 0 fully saturated rings. The van der Waals surface area contributed by atoms with Crippen LogP contribution in [0, 0.1) is 5.92 Å². The molecule has 4 rings (SSSR count). The largest absolute Gasteiger partial charge is 0.0795 e. The molecule has 0 bridgehead atoms. The van der Waals surface area contributed by atoms with E-state index < -0.39 is 0 Å². The second-order valence-corrected chi connectivity index (χ2v) is 6.04. The maximum absolute atomic E-state index is 2.38. The molecule has 2 aromatic carbocycles. The summed E-state index contributed by atoms with van der Waals surface area (Å²) in [6.45, 7) is 4.63. The van der Waals surface area contributed by atoms with Crippen molar-refractivity contribution in [2.45, 2.75) is 26.2 Å². The molecular formula is C19H18. The lowest BCUT2D eigenvalue weighted by molar-refractivity contribution is 0.581. The molecule has 0 saturated heterocycles. The van der Waals surface area contributed by atoms with E-state index in [0.717, 1.165) is 6.42 Å². The van der Waals surface area contributed by atoms with E-state index in [9.17, 15) is 0 Å². The van der Waals surface area contributed by atoms with Crippen molar-refractivity contribution in [2.75, 3.05) is 0 Å². The van der Waals surface area contributed by atoms with Gasteiger partial charge in [-0.2, -0.15) is 0 Å². The molecule has 2 aliphatic rings. The van der Waals surface area contributed by atoms with Crippen LogP contribution in [0.25, 0.3) is 22.9 Å². The van der Waals surface area contributed by atoms with Gasteiger partial charge in [-0.3, -0.25) is 0 Å². The average Bonchev–Trinajstić information content (AvgIpc) is 2.44. The van der Waals surface area contributed by atoms with Crippen LogP contribution in [0.3, 0.4) is 0 Å². The number of allylic oxidation sites excluding steroid dienone is 2. The lowest BCUT2D eigenvalue weighted by Crippen LogP contribution is -2.09. The zero-order chi connectivity index (χ0) is 13.0. The van der Waals surface area contributed by atoms with Gasteiger partial charge in [0.1, 0.15) is 0 Å². The summed E-state index contributed by atoms with van der Waals surface area (Å²) in [5.74, 6) is 1.21. The van der Waals surface area contributed by atoms with Crippen LogP contribution in [0.1, 0.15) is 42.0 Å². The minimum Gasteiger partial charge on any atom is -0.0795 e. The summed E-state index contributed by atoms with van der Waals surface area (Å²) in [4.78, 5) is 0. The van der Waals surface area contributed by atoms with Gasteiger partial charge in [0.05, 0.1) is 0 Å². The molecule has 0 spiro atoms. The van der Waals surface area contributed by atoms with Gasteiger partial charge in [-0.25, -0.2) is 0 Å². The Balaban J connectivity index is 2.14. The molecule has 19 heavy (non-hydrogen) atoms. The van der Waals surface area contributed by atoms with Crippen molar-refractivity contribution in [1.82, 2.24) is 0 Å². The molecule has 0 heteroatoms. The summed E-state index contributed by atoms with van der Waals surface area (Å²) >= 11 is 0. The Morgan fingerprint density at radius 1 is 0.947 bits per heavy atom. The molecule has 2 aromatic rings. The van der Waals surface area contributed by atoms with Gasteiger partial charge in [0, 0.05) is 5.92 Å². The Bertz CT molecular complexity index is 729. The van der Waals surface area contributed by atoms with Crippen molar-refractivity contribution in [2.24, 2.45) is 5.92 Å². The molecule has 0 radical (unpaired) electrons. The van der Waals surface area contributed by atoms with Gasteiger partial charge >= 0.3 is 0 Å². The van der Waals surface area contributed by atoms with Crippen LogP contribution in [-0.4, -0.2) is 0 Å². The number of benzene rings is 2. The van der Waals surface area contributed by atoms with Gasteiger partial charge in [0.2, 0.25) is 0 Å². The third-order valence-corrected chi connectivity index (χ3v) is 4.54. The fourth-order valence-corrected chi connectivity index (χ4v) is 3.58. The Morgan fingerprint density at radius 3 is 2.58 bits per heavy atom. The minimum absolute atomic E-state index is 0.558. The number of rotatable bonds is 1. The quantitative estimate of drug-likeness (QED) is 0.650. The zero-order valence-corrected chi connectivity index (χ0v) is 11.5. The monoisotopic (exact) mass is 246 g/mol. The molecule has 1 unspecified atom stereocenters. The summed E-state index contributed by atoms with van der Waals surface area (Å²) in [7, 11) is 0. The van der Waals surface area contributed by atoms with Gasteiger partial charge in [-0.15, -0.1) is 0 Å². The SMILES string of the molecule is CC(C)C1C=Cc2ccc3c4c(ccc1c24)C=CC3. The fourth-order valence-electron chi connectivity index (χ4n) is 3.58. The Labute approximate surface area is 114 Å². The first-order valence-corrected chi connectivity index (χ1v) is 7.19. The second-order valence-electron chi connectivity index (χ2n) is 6.04. The highest BCUT2D eigenvalue weighted by atomic mass is 14.3. The molecule has 0 saturated carbocycles. The zero-order valence-electron chi connectivity index (χ0n) is 11.5. The van der Waals surface area contributed by atoms with E-state index in [4.69, 9.17) is 0 Å². The van der Waals surface area contributed by atoms with Crippen molar-refractivity contribution >= 4 is 22.9 Å². The summed E-state index contributed by atoms with van der Waals surface area (Å²) in [5.41, 5.74) is 5.78. The maximum Gasteiger partial charge on any atom is 0.00507 e. The highest BCUT2D eigenvalue weighted by molar-refractivity contribution is 6.03. The van der Waals surface area contributed by atoms with Gasteiger partial charge in [-0.05, 0) is 45.4 Å². The van der Waals surface area contributed by atoms with Crippen LogP contribution in [0.5, 0.6) is 0 Å². The predicted octanol–water partition coefficient (Wildman–Crippen LogP) is 5.18. The first-order valence-electron chi connectivity index (χ1n) is 7.19. The van der Waals surface area contributed by atoms with Gasteiger partial charge in [0.25, 0.3) is 0 Å². The van der Waals surface area contributed by atoms with Crippen LogP contribution < -0.4 is 0 Å². The van der Waals surface area contributed by atoms with Gasteiger partial charge in [0.15, 0.2) is 0 Å². The smallest absolute Gasteiger partial charge is 0.00507 e. The number of hydrogen-bond donors (Lipinski definition) is 0. The molecule has 2 aliphatic carbocycles. The Morgan fingerprint density at radius 2 is 1.74 bits per heavy atom. The fraction of sp³-hybridized carbons (Fsp3) is 0.263. The van der Waals surface area contributed by atoms with Crippen LogP contribution in [0.2, 0.25) is 0 Å². The molecule has 1 atom stereocenters. The highest BCUT2D eigenvalue weighted by Gasteiger charge is 2.22. The summed E-state index contributed by atoms with van der Waals surface area (Å²) in [6, 6.07) is 9.23. The third kappa shape index (κ3) is 1.46. The maximum atomic E-state index is 2.38. The van der Waals surface area contributed by atoms with Crippen molar-refractivity contribution in [1.29, 1.82) is 0 Å². The van der Waals surface area contributed by atoms with Crippen LogP contribution >= 0.6 is 0 Å². The standard InChI is InChI=1S/C19H18/c1-12(2)16-10-8-15-7-6-13-4-3-5-14-9-11-17(16)19(15)18(13)14/h3,5-12,16H,4H2,1-2H3. The van der Waals surface area contributed by atoms with E-state index in [1.807, 2.05) is 0 Å². The molecule has 0 aliphatic heterocycles. The lowest BCUT2D eigenvalue weighted by Gasteiger charge is -2.26. The first kappa shape index (κ1) is 11.0. The van der Waals surface area contributed by atoms with Crippen LogP contribution in [-0.2, 0) is 6.42 Å². The number of hydrogen-bond acceptors (Lipinski definition) is 0. The van der Waals surface area contributed by atoms with Gasteiger partial charge < -0.3 is 0 Å². The average molecular weight is 246 g/mol. The first-order chi connectivity index (χ1) is 9.25. The molecule has 0 nitrogen and oxygen atoms in total. The molecule has 0 N–H and O–H groups in total. The lowest BCUT2D eigenvalue weighted by atomic mass is 9.77. The van der Waals surface area contributed by atoms with Crippen LogP contribution in [0.4, 0.5) is 0 Å². The Hall–Kier alpha value is -1.82. The summed E-state index contributed by atoms with van der Waals surface area (Å²) < 4.78 is 0. The van der Waals surface area contributed by atoms with E-state index in [1.165, 1.54) is 33.0 Å².